The Labute approximate surface area is 278 Å². The number of carbonyl (C=O) groups is 1. The van der Waals surface area contributed by atoms with Crippen LogP contribution < -0.4 is 9.47 Å². The van der Waals surface area contributed by atoms with E-state index in [0.29, 0.717) is 25.3 Å². The topological polar surface area (TPSA) is 38.8 Å². The number of likely N-dealkylation sites (tertiary alicyclic amines) is 1. The van der Waals surface area contributed by atoms with Gasteiger partial charge < -0.3 is 9.47 Å². The van der Waals surface area contributed by atoms with Crippen LogP contribution in [0.5, 0.6) is 11.5 Å². The van der Waals surface area contributed by atoms with Crippen LogP contribution in [-0.2, 0) is 30.5 Å². The van der Waals surface area contributed by atoms with Gasteiger partial charge in [-0.25, -0.2) is 4.39 Å². The number of benzene rings is 3. The van der Waals surface area contributed by atoms with E-state index in [4.69, 9.17) is 9.47 Å². The molecule has 0 aliphatic carbocycles. The van der Waals surface area contributed by atoms with Gasteiger partial charge in [0.15, 0.2) is 11.5 Å². The molecule has 0 N–H and O–H groups in total. The summed E-state index contributed by atoms with van der Waals surface area (Å²) in [4.78, 5) is 14.0. The number of halogens is 1. The highest BCUT2D eigenvalue weighted by Gasteiger charge is 2.36. The SMILES string of the molecule is CCC.CCCc1c(CC)cc(C)cc1CC.CCCc1ccc([C@H]2CC(c3ccc4c(c3)OCCO4)CN2CC(C)=O)c(F)c1. The third-order valence-electron chi connectivity index (χ3n) is 8.67. The maximum absolute atomic E-state index is 14.9. The largest absolute Gasteiger partial charge is 0.486 e. The van der Waals surface area contributed by atoms with Gasteiger partial charge in [0.05, 0.1) is 6.54 Å². The van der Waals surface area contributed by atoms with Gasteiger partial charge in [-0.2, -0.15) is 0 Å². The zero-order valence-electron chi connectivity index (χ0n) is 29.8. The zero-order valence-corrected chi connectivity index (χ0v) is 29.8. The summed E-state index contributed by atoms with van der Waals surface area (Å²) in [6.45, 7) is 19.1. The van der Waals surface area contributed by atoms with Crippen LogP contribution in [-0.4, -0.2) is 37.0 Å². The molecule has 4 nitrogen and oxygen atoms in total. The first kappa shape index (κ1) is 37.3. The summed E-state index contributed by atoms with van der Waals surface area (Å²) >= 11 is 0. The number of Topliss-reactive ketones (excluding diaryl/α,β-unsaturated/α-hetero) is 1. The van der Waals surface area contributed by atoms with Crippen LogP contribution in [0.4, 0.5) is 4.39 Å². The quantitative estimate of drug-likeness (QED) is 0.223. The summed E-state index contributed by atoms with van der Waals surface area (Å²) in [5.41, 5.74) is 9.00. The molecule has 2 atom stereocenters. The number of ketones is 1. The van der Waals surface area contributed by atoms with E-state index in [9.17, 15) is 9.18 Å². The Bertz CT molecular complexity index is 1380. The third-order valence-corrected chi connectivity index (χ3v) is 8.67. The van der Waals surface area contributed by atoms with Gasteiger partial charge in [0.2, 0.25) is 0 Å². The minimum Gasteiger partial charge on any atom is -0.486 e. The number of carbonyl (C=O) groups excluding carboxylic acids is 1. The van der Waals surface area contributed by atoms with Crippen LogP contribution in [0.3, 0.4) is 0 Å². The van der Waals surface area contributed by atoms with E-state index in [2.05, 4.69) is 71.6 Å². The molecular weight excluding hydrogens is 573 g/mol. The Kier molecular flexibility index (Phi) is 15.3. The summed E-state index contributed by atoms with van der Waals surface area (Å²) in [5.74, 6) is 1.68. The standard InChI is InChI=1S/C24H28FNO3.C14H22.C3H8/c1-3-4-17-5-7-20(21(25)11-17)22-12-19(15-26(22)14-16(2)27)18-6-8-23-24(13-18)29-10-9-28-23;1-5-8-14-12(6-2)9-11(4)10-13(14)7-3;1-3-2/h5-8,11,13,19,22H,3-4,9-10,12,14-15H2,1-2H3;9-10H,5-8H2,1-4H3;3H2,1-2H3/t19?,22-;;/m1../s1. The molecule has 1 saturated heterocycles. The van der Waals surface area contributed by atoms with E-state index in [1.54, 1.807) is 29.7 Å². The minimum atomic E-state index is -0.169. The molecule has 5 rings (SSSR count). The molecule has 0 radical (unpaired) electrons. The van der Waals surface area contributed by atoms with Crippen LogP contribution in [0.2, 0.25) is 0 Å². The molecule has 0 spiro atoms. The van der Waals surface area contributed by atoms with Crippen molar-refractivity contribution in [2.75, 3.05) is 26.3 Å². The van der Waals surface area contributed by atoms with Crippen LogP contribution >= 0.6 is 0 Å². The fourth-order valence-electron chi connectivity index (χ4n) is 6.70. The minimum absolute atomic E-state index is 0.0980. The van der Waals surface area contributed by atoms with Gasteiger partial charge in [0.1, 0.15) is 24.8 Å². The number of aryl methyl sites for hydroxylation is 4. The Hall–Kier alpha value is -3.18. The van der Waals surface area contributed by atoms with E-state index in [1.807, 2.05) is 24.3 Å². The summed E-state index contributed by atoms with van der Waals surface area (Å²) in [6.07, 6.45) is 8.73. The van der Waals surface area contributed by atoms with Gasteiger partial charge in [-0.3, -0.25) is 9.69 Å². The van der Waals surface area contributed by atoms with Gasteiger partial charge in [0, 0.05) is 18.2 Å². The van der Waals surface area contributed by atoms with Gasteiger partial charge in [-0.15, -0.1) is 0 Å². The maximum atomic E-state index is 14.9. The Morgan fingerprint density at radius 1 is 0.848 bits per heavy atom. The first-order valence-electron chi connectivity index (χ1n) is 17.7. The second kappa shape index (κ2) is 18.8. The second-order valence-corrected chi connectivity index (χ2v) is 12.8. The summed E-state index contributed by atoms with van der Waals surface area (Å²) in [6, 6.07) is 16.2. The zero-order chi connectivity index (χ0) is 33.6. The first-order valence-corrected chi connectivity index (χ1v) is 17.7. The van der Waals surface area contributed by atoms with Crippen molar-refractivity contribution in [3.63, 3.8) is 0 Å². The Balaban J connectivity index is 0.000000284. The van der Waals surface area contributed by atoms with Crippen molar-refractivity contribution in [1.29, 1.82) is 0 Å². The second-order valence-electron chi connectivity index (χ2n) is 12.8. The maximum Gasteiger partial charge on any atom is 0.161 e. The lowest BCUT2D eigenvalue weighted by molar-refractivity contribution is -0.118. The van der Waals surface area contributed by atoms with E-state index in [-0.39, 0.29) is 23.6 Å². The highest BCUT2D eigenvalue weighted by molar-refractivity contribution is 5.77. The average molecular weight is 632 g/mol. The number of ether oxygens (including phenoxy) is 2. The summed E-state index contributed by atoms with van der Waals surface area (Å²) in [7, 11) is 0. The van der Waals surface area contributed by atoms with Crippen LogP contribution in [0.15, 0.2) is 48.5 Å². The van der Waals surface area contributed by atoms with Gasteiger partial charge >= 0.3 is 0 Å². The Morgan fingerprint density at radius 3 is 2.04 bits per heavy atom. The Morgan fingerprint density at radius 2 is 1.48 bits per heavy atom. The fraction of sp³-hybridized carbons (Fsp3) is 0.537. The molecule has 1 fully saturated rings. The predicted octanol–water partition coefficient (Wildman–Crippen LogP) is 10.2. The van der Waals surface area contributed by atoms with Crippen LogP contribution in [0.25, 0.3) is 0 Å². The molecule has 0 aromatic heterocycles. The number of nitrogens with zero attached hydrogens (tertiary/aromatic N) is 1. The molecule has 0 bridgehead atoms. The fourth-order valence-corrected chi connectivity index (χ4v) is 6.70. The normalized spacial score (nSPS) is 17.1. The number of fused-ring (bicyclic) bond motifs is 1. The molecular formula is C41H58FNO3. The first-order chi connectivity index (χ1) is 22.2. The average Bonchev–Trinajstić information content (AvgIpc) is 3.45. The summed E-state index contributed by atoms with van der Waals surface area (Å²) in [5, 5.41) is 0. The van der Waals surface area contributed by atoms with Gasteiger partial charge in [0.25, 0.3) is 0 Å². The lowest BCUT2D eigenvalue weighted by Crippen LogP contribution is -2.29. The molecule has 1 unspecified atom stereocenters. The van der Waals surface area contributed by atoms with Crippen molar-refractivity contribution in [3.8, 4) is 11.5 Å². The molecule has 0 saturated carbocycles. The number of rotatable bonds is 10. The smallest absolute Gasteiger partial charge is 0.161 e. The van der Waals surface area contributed by atoms with Gasteiger partial charge in [-0.05, 0) is 97.9 Å². The molecule has 2 aliphatic heterocycles. The van der Waals surface area contributed by atoms with Crippen LogP contribution in [0.1, 0.15) is 125 Å². The van der Waals surface area contributed by atoms with E-state index >= 15 is 0 Å². The van der Waals surface area contributed by atoms with Crippen molar-refractivity contribution in [2.24, 2.45) is 0 Å². The lowest BCUT2D eigenvalue weighted by Gasteiger charge is -2.24. The van der Waals surface area contributed by atoms with E-state index in [1.165, 1.54) is 37.7 Å². The van der Waals surface area contributed by atoms with Crippen molar-refractivity contribution in [3.05, 3.63) is 93.3 Å². The van der Waals surface area contributed by atoms with E-state index in [0.717, 1.165) is 48.4 Å². The third kappa shape index (κ3) is 10.2. The molecule has 0 amide bonds. The monoisotopic (exact) mass is 631 g/mol. The summed E-state index contributed by atoms with van der Waals surface area (Å²) < 4.78 is 26.3. The van der Waals surface area contributed by atoms with Gasteiger partial charge in [-0.1, -0.05) is 96.7 Å². The lowest BCUT2D eigenvalue weighted by atomic mass is 9.92. The van der Waals surface area contributed by atoms with Crippen LogP contribution in [0, 0.1) is 12.7 Å². The molecule has 5 heteroatoms. The molecule has 3 aromatic rings. The molecule has 2 aliphatic rings. The predicted molar refractivity (Wildman–Crippen MR) is 190 cm³/mol. The van der Waals surface area contributed by atoms with Crippen molar-refractivity contribution >= 4 is 5.78 Å². The number of hydrogen-bond acceptors (Lipinski definition) is 4. The molecule has 2 heterocycles. The number of hydrogen-bond donors (Lipinski definition) is 0. The van der Waals surface area contributed by atoms with Crippen molar-refractivity contribution < 1.29 is 18.7 Å². The highest BCUT2D eigenvalue weighted by atomic mass is 19.1. The molecule has 46 heavy (non-hydrogen) atoms. The molecule has 3 aromatic carbocycles. The highest BCUT2D eigenvalue weighted by Crippen LogP contribution is 2.43. The van der Waals surface area contributed by atoms with E-state index < -0.39 is 0 Å². The van der Waals surface area contributed by atoms with Crippen molar-refractivity contribution in [2.45, 2.75) is 119 Å². The van der Waals surface area contributed by atoms with Crippen molar-refractivity contribution in [1.82, 2.24) is 4.90 Å². The molecule has 252 valence electrons.